The number of hydrogen-bond donors (Lipinski definition) is 0. The Labute approximate surface area is 194 Å². The van der Waals surface area contributed by atoms with Gasteiger partial charge in [0.15, 0.2) is 5.58 Å². The van der Waals surface area contributed by atoms with Gasteiger partial charge in [0, 0.05) is 25.6 Å². The monoisotopic (exact) mass is 442 g/mol. The first-order chi connectivity index (χ1) is 16.3. The second-order valence-electron chi connectivity index (χ2n) is 8.08. The molecule has 0 aliphatic rings. The Morgan fingerprint density at radius 1 is 0.606 bits per heavy atom. The minimum Gasteiger partial charge on any atom is -0.423 e. The quantitative estimate of drug-likeness (QED) is 0.274. The average molecular weight is 443 g/mol. The molecular weight excluding hydrogens is 424 g/mol. The van der Waals surface area contributed by atoms with E-state index < -0.39 is 0 Å². The van der Waals surface area contributed by atoms with Gasteiger partial charge in [0.2, 0.25) is 0 Å². The van der Waals surface area contributed by atoms with E-state index in [2.05, 4.69) is 77.7 Å². The standard InChI is InChI=1S/C29H18N2OS/c1-2-9-20(10-3-1)31(21-15-16-24-23-12-6-7-13-26(23)33-27(24)18-21)29-30-28-22-11-5-4-8-19(22)14-17-25(28)32-29/h1-18H. The van der Waals surface area contributed by atoms with E-state index >= 15 is 0 Å². The number of oxazole rings is 1. The van der Waals surface area contributed by atoms with E-state index in [1.807, 2.05) is 47.7 Å². The Morgan fingerprint density at radius 3 is 2.27 bits per heavy atom. The molecule has 0 aliphatic heterocycles. The van der Waals surface area contributed by atoms with Gasteiger partial charge in [0.05, 0.1) is 11.4 Å². The molecule has 0 bridgehead atoms. The first-order valence-electron chi connectivity index (χ1n) is 10.9. The summed E-state index contributed by atoms with van der Waals surface area (Å²) in [5, 5.41) is 4.82. The zero-order chi connectivity index (χ0) is 21.8. The third-order valence-electron chi connectivity index (χ3n) is 6.10. The topological polar surface area (TPSA) is 29.3 Å². The molecule has 7 rings (SSSR count). The molecule has 0 saturated heterocycles. The van der Waals surface area contributed by atoms with Crippen molar-refractivity contribution < 1.29 is 4.42 Å². The van der Waals surface area contributed by atoms with E-state index in [0.29, 0.717) is 6.01 Å². The van der Waals surface area contributed by atoms with Crippen LogP contribution in [0.4, 0.5) is 17.4 Å². The summed E-state index contributed by atoms with van der Waals surface area (Å²) < 4.78 is 8.88. The molecule has 7 aromatic rings. The second-order valence-corrected chi connectivity index (χ2v) is 9.16. The van der Waals surface area contributed by atoms with Crippen molar-refractivity contribution in [2.75, 3.05) is 4.90 Å². The lowest BCUT2D eigenvalue weighted by atomic mass is 10.1. The number of rotatable bonds is 3. The summed E-state index contributed by atoms with van der Waals surface area (Å²) >= 11 is 1.81. The van der Waals surface area contributed by atoms with Gasteiger partial charge in [-0.3, -0.25) is 4.90 Å². The lowest BCUT2D eigenvalue weighted by Crippen LogP contribution is -2.09. The summed E-state index contributed by atoms with van der Waals surface area (Å²) in [4.78, 5) is 7.08. The van der Waals surface area contributed by atoms with Crippen molar-refractivity contribution in [1.29, 1.82) is 0 Å². The summed E-state index contributed by atoms with van der Waals surface area (Å²) in [5.41, 5.74) is 3.70. The first-order valence-corrected chi connectivity index (χ1v) is 11.7. The highest BCUT2D eigenvalue weighted by Gasteiger charge is 2.20. The number of aromatic nitrogens is 1. The molecule has 0 N–H and O–H groups in total. The predicted octanol–water partition coefficient (Wildman–Crippen LogP) is 8.82. The molecule has 0 aliphatic carbocycles. The fraction of sp³-hybridized carbons (Fsp3) is 0. The van der Waals surface area contributed by atoms with E-state index in [4.69, 9.17) is 9.40 Å². The number of nitrogens with zero attached hydrogens (tertiary/aromatic N) is 2. The number of fused-ring (bicyclic) bond motifs is 6. The van der Waals surface area contributed by atoms with E-state index in [9.17, 15) is 0 Å². The first kappa shape index (κ1) is 18.4. The number of benzene rings is 5. The van der Waals surface area contributed by atoms with E-state index in [0.717, 1.165) is 33.2 Å². The Kier molecular flexibility index (Phi) is 4.01. The normalized spacial score (nSPS) is 11.6. The minimum absolute atomic E-state index is 0.563. The Balaban J connectivity index is 1.47. The SMILES string of the molecule is c1ccc(N(c2ccc3c(c2)sc2ccccc23)c2nc3c(ccc4ccccc43)o2)cc1. The van der Waals surface area contributed by atoms with Gasteiger partial charge in [-0.05, 0) is 41.8 Å². The zero-order valence-electron chi connectivity index (χ0n) is 17.6. The molecule has 0 amide bonds. The van der Waals surface area contributed by atoms with Crippen LogP contribution in [0, 0.1) is 0 Å². The summed E-state index contributed by atoms with van der Waals surface area (Å²) in [6, 6.07) is 38.4. The lowest BCUT2D eigenvalue weighted by molar-refractivity contribution is 0.608. The van der Waals surface area contributed by atoms with Crippen LogP contribution in [0.15, 0.2) is 114 Å². The smallest absolute Gasteiger partial charge is 0.307 e. The molecule has 33 heavy (non-hydrogen) atoms. The summed E-state index contributed by atoms with van der Waals surface area (Å²) in [7, 11) is 0. The molecule has 3 nitrogen and oxygen atoms in total. The minimum atomic E-state index is 0.563. The van der Waals surface area contributed by atoms with Crippen LogP contribution >= 0.6 is 11.3 Å². The van der Waals surface area contributed by atoms with Crippen molar-refractivity contribution in [2.24, 2.45) is 0 Å². The van der Waals surface area contributed by atoms with Crippen molar-refractivity contribution in [3.8, 4) is 0 Å². The molecule has 2 aromatic heterocycles. The maximum atomic E-state index is 6.34. The highest BCUT2D eigenvalue weighted by molar-refractivity contribution is 7.25. The van der Waals surface area contributed by atoms with Crippen molar-refractivity contribution in [2.45, 2.75) is 0 Å². The summed E-state index contributed by atoms with van der Waals surface area (Å²) in [6.07, 6.45) is 0. The summed E-state index contributed by atoms with van der Waals surface area (Å²) in [6.45, 7) is 0. The Bertz CT molecular complexity index is 1780. The maximum absolute atomic E-state index is 6.34. The molecule has 4 heteroatoms. The number of thiophene rings is 1. The van der Waals surface area contributed by atoms with Gasteiger partial charge >= 0.3 is 6.01 Å². The van der Waals surface area contributed by atoms with Gasteiger partial charge in [-0.2, -0.15) is 4.98 Å². The van der Waals surface area contributed by atoms with Crippen molar-refractivity contribution >= 4 is 70.8 Å². The molecule has 2 heterocycles. The molecule has 0 saturated carbocycles. The Hall–Kier alpha value is -4.15. The lowest BCUT2D eigenvalue weighted by Gasteiger charge is -2.21. The third kappa shape index (κ3) is 2.92. The van der Waals surface area contributed by atoms with Crippen LogP contribution in [0.25, 0.3) is 42.0 Å². The molecular formula is C29H18N2OS. The van der Waals surface area contributed by atoms with Crippen LogP contribution in [-0.4, -0.2) is 4.98 Å². The molecule has 0 radical (unpaired) electrons. The molecule has 0 unspecified atom stereocenters. The van der Waals surface area contributed by atoms with E-state index in [1.165, 1.54) is 20.2 Å². The Morgan fingerprint density at radius 2 is 1.36 bits per heavy atom. The van der Waals surface area contributed by atoms with E-state index in [1.54, 1.807) is 0 Å². The third-order valence-corrected chi connectivity index (χ3v) is 7.23. The molecule has 156 valence electrons. The van der Waals surface area contributed by atoms with Crippen LogP contribution in [0.3, 0.4) is 0 Å². The van der Waals surface area contributed by atoms with E-state index in [-0.39, 0.29) is 0 Å². The zero-order valence-corrected chi connectivity index (χ0v) is 18.4. The largest absolute Gasteiger partial charge is 0.423 e. The average Bonchev–Trinajstić information content (AvgIpc) is 3.46. The molecule has 5 aromatic carbocycles. The number of anilines is 3. The van der Waals surface area contributed by atoms with Gasteiger partial charge in [-0.15, -0.1) is 11.3 Å². The van der Waals surface area contributed by atoms with Gasteiger partial charge in [-0.25, -0.2) is 0 Å². The molecule has 0 fully saturated rings. The number of para-hydroxylation sites is 1. The maximum Gasteiger partial charge on any atom is 0.307 e. The van der Waals surface area contributed by atoms with Crippen LogP contribution < -0.4 is 4.90 Å². The summed E-state index contributed by atoms with van der Waals surface area (Å²) in [5.74, 6) is 0. The van der Waals surface area contributed by atoms with Gasteiger partial charge in [0.25, 0.3) is 0 Å². The fourth-order valence-corrected chi connectivity index (χ4v) is 5.69. The van der Waals surface area contributed by atoms with Gasteiger partial charge in [0.1, 0.15) is 5.52 Å². The van der Waals surface area contributed by atoms with Gasteiger partial charge < -0.3 is 4.42 Å². The van der Waals surface area contributed by atoms with Crippen LogP contribution in [0.5, 0.6) is 0 Å². The van der Waals surface area contributed by atoms with Crippen molar-refractivity contribution in [1.82, 2.24) is 4.98 Å². The van der Waals surface area contributed by atoms with Crippen LogP contribution in [0.2, 0.25) is 0 Å². The van der Waals surface area contributed by atoms with Gasteiger partial charge in [-0.1, -0.05) is 72.8 Å². The predicted molar refractivity (Wildman–Crippen MR) is 139 cm³/mol. The number of hydrogen-bond acceptors (Lipinski definition) is 4. The highest BCUT2D eigenvalue weighted by Crippen LogP contribution is 2.41. The molecule has 0 spiro atoms. The van der Waals surface area contributed by atoms with Crippen molar-refractivity contribution in [3.05, 3.63) is 109 Å². The van der Waals surface area contributed by atoms with Crippen LogP contribution in [-0.2, 0) is 0 Å². The fourth-order valence-electron chi connectivity index (χ4n) is 4.55. The second kappa shape index (κ2) is 7.19. The molecule has 0 atom stereocenters. The van der Waals surface area contributed by atoms with Crippen LogP contribution in [0.1, 0.15) is 0 Å². The highest BCUT2D eigenvalue weighted by atomic mass is 32.1. The van der Waals surface area contributed by atoms with Crippen molar-refractivity contribution in [3.63, 3.8) is 0 Å².